The number of benzene rings is 1. The van der Waals surface area contributed by atoms with Crippen LogP contribution in [0, 0.1) is 20.8 Å². The molecular formula is C14H15ClN2O2. The lowest BCUT2D eigenvalue weighted by atomic mass is 10.1. The minimum Gasteiger partial charge on any atom is -0.438 e. The Morgan fingerprint density at radius 1 is 1.26 bits per heavy atom. The molecular weight excluding hydrogens is 264 g/mol. The molecule has 100 valence electrons. The van der Waals surface area contributed by atoms with Gasteiger partial charge in [0.05, 0.1) is 11.3 Å². The van der Waals surface area contributed by atoms with Crippen LogP contribution in [0.1, 0.15) is 27.2 Å². The van der Waals surface area contributed by atoms with E-state index in [-0.39, 0.29) is 0 Å². The van der Waals surface area contributed by atoms with Gasteiger partial charge < -0.3 is 4.74 Å². The fraction of sp³-hybridized carbons (Fsp3) is 0.286. The maximum absolute atomic E-state index is 11.1. The van der Waals surface area contributed by atoms with E-state index in [1.165, 1.54) is 0 Å². The van der Waals surface area contributed by atoms with Gasteiger partial charge in [-0.1, -0.05) is 11.6 Å². The van der Waals surface area contributed by atoms with E-state index < -0.39 is 0 Å². The van der Waals surface area contributed by atoms with Crippen molar-refractivity contribution in [2.24, 2.45) is 7.05 Å². The first kappa shape index (κ1) is 13.6. The summed E-state index contributed by atoms with van der Waals surface area (Å²) < 4.78 is 7.44. The van der Waals surface area contributed by atoms with E-state index in [0.717, 1.165) is 17.4 Å². The van der Waals surface area contributed by atoms with E-state index in [1.54, 1.807) is 18.7 Å². The van der Waals surface area contributed by atoms with Gasteiger partial charge >= 0.3 is 0 Å². The highest BCUT2D eigenvalue weighted by molar-refractivity contribution is 6.30. The molecule has 2 aromatic rings. The van der Waals surface area contributed by atoms with Crippen LogP contribution in [0.3, 0.4) is 0 Å². The molecule has 2 rings (SSSR count). The van der Waals surface area contributed by atoms with Gasteiger partial charge in [0.15, 0.2) is 6.29 Å². The lowest BCUT2D eigenvalue weighted by molar-refractivity contribution is 0.112. The monoisotopic (exact) mass is 278 g/mol. The first-order chi connectivity index (χ1) is 8.93. The highest BCUT2D eigenvalue weighted by Crippen LogP contribution is 2.33. The molecule has 1 heterocycles. The average Bonchev–Trinajstić information content (AvgIpc) is 2.57. The zero-order chi connectivity index (χ0) is 14.2. The summed E-state index contributed by atoms with van der Waals surface area (Å²) >= 11 is 5.99. The summed E-state index contributed by atoms with van der Waals surface area (Å²) in [6, 6.07) is 3.65. The van der Waals surface area contributed by atoms with Crippen molar-refractivity contribution in [3.63, 3.8) is 0 Å². The molecule has 19 heavy (non-hydrogen) atoms. The van der Waals surface area contributed by atoms with Crippen LogP contribution >= 0.6 is 11.6 Å². The third-order valence-electron chi connectivity index (χ3n) is 2.96. The number of rotatable bonds is 3. The third kappa shape index (κ3) is 2.49. The molecule has 0 saturated carbocycles. The number of hydrogen-bond acceptors (Lipinski definition) is 3. The second-order valence-electron chi connectivity index (χ2n) is 4.52. The van der Waals surface area contributed by atoms with Gasteiger partial charge in [-0.05, 0) is 44.0 Å². The minimum absolute atomic E-state index is 0.445. The molecule has 0 aliphatic rings. The first-order valence-electron chi connectivity index (χ1n) is 5.87. The normalized spacial score (nSPS) is 10.6. The summed E-state index contributed by atoms with van der Waals surface area (Å²) in [5.41, 5.74) is 2.95. The molecule has 0 saturated heterocycles. The Kier molecular flexibility index (Phi) is 3.62. The number of carbonyl (C=O) groups excluding carboxylic acids is 1. The number of hydrogen-bond donors (Lipinski definition) is 0. The van der Waals surface area contributed by atoms with Gasteiger partial charge in [0.25, 0.3) is 0 Å². The maximum atomic E-state index is 11.1. The molecule has 1 aromatic heterocycles. The summed E-state index contributed by atoms with van der Waals surface area (Å²) in [5, 5.41) is 4.86. The van der Waals surface area contributed by atoms with Gasteiger partial charge in [0.1, 0.15) is 5.75 Å². The SMILES string of the molecule is Cc1cc(Cl)cc(C)c1Oc1c(C=O)c(C)nn1C. The van der Waals surface area contributed by atoms with Crippen LogP contribution in [0.4, 0.5) is 0 Å². The molecule has 0 radical (unpaired) electrons. The number of nitrogens with zero attached hydrogens (tertiary/aromatic N) is 2. The molecule has 0 N–H and O–H groups in total. The Balaban J connectivity index is 2.50. The summed E-state index contributed by atoms with van der Waals surface area (Å²) in [7, 11) is 1.75. The van der Waals surface area contributed by atoms with Gasteiger partial charge in [0, 0.05) is 12.1 Å². The van der Waals surface area contributed by atoms with Crippen molar-refractivity contribution in [2.75, 3.05) is 0 Å². The van der Waals surface area contributed by atoms with Crippen molar-refractivity contribution in [3.05, 3.63) is 39.5 Å². The number of halogens is 1. The zero-order valence-corrected chi connectivity index (χ0v) is 12.1. The maximum Gasteiger partial charge on any atom is 0.228 e. The van der Waals surface area contributed by atoms with Gasteiger partial charge in [-0.25, -0.2) is 4.68 Å². The summed E-state index contributed by atoms with van der Waals surface area (Å²) in [6.07, 6.45) is 0.762. The van der Waals surface area contributed by atoms with Crippen molar-refractivity contribution in [1.29, 1.82) is 0 Å². The van der Waals surface area contributed by atoms with Crippen LogP contribution in [0.2, 0.25) is 5.02 Å². The largest absolute Gasteiger partial charge is 0.438 e. The van der Waals surface area contributed by atoms with Gasteiger partial charge in [0.2, 0.25) is 5.88 Å². The second-order valence-corrected chi connectivity index (χ2v) is 4.95. The highest BCUT2D eigenvalue weighted by Gasteiger charge is 2.17. The molecule has 0 spiro atoms. The van der Waals surface area contributed by atoms with E-state index in [2.05, 4.69) is 5.10 Å². The van der Waals surface area contributed by atoms with Crippen molar-refractivity contribution in [3.8, 4) is 11.6 Å². The van der Waals surface area contributed by atoms with Crippen molar-refractivity contribution in [1.82, 2.24) is 9.78 Å². The van der Waals surface area contributed by atoms with Crippen LogP contribution in [-0.4, -0.2) is 16.1 Å². The van der Waals surface area contributed by atoms with E-state index in [4.69, 9.17) is 16.3 Å². The number of aromatic nitrogens is 2. The Labute approximate surface area is 116 Å². The fourth-order valence-electron chi connectivity index (χ4n) is 2.07. The van der Waals surface area contributed by atoms with E-state index in [0.29, 0.717) is 27.9 Å². The van der Waals surface area contributed by atoms with Crippen molar-refractivity contribution < 1.29 is 9.53 Å². The molecule has 0 atom stereocenters. The highest BCUT2D eigenvalue weighted by atomic mass is 35.5. The zero-order valence-electron chi connectivity index (χ0n) is 11.3. The van der Waals surface area contributed by atoms with Gasteiger partial charge in [-0.2, -0.15) is 5.10 Å². The van der Waals surface area contributed by atoms with Crippen molar-refractivity contribution >= 4 is 17.9 Å². The predicted octanol–water partition coefficient (Wildman–Crippen LogP) is 3.60. The summed E-state index contributed by atoms with van der Waals surface area (Å²) in [4.78, 5) is 11.1. The van der Waals surface area contributed by atoms with Crippen LogP contribution in [0.15, 0.2) is 12.1 Å². The summed E-state index contributed by atoms with van der Waals surface area (Å²) in [5.74, 6) is 1.15. The first-order valence-corrected chi connectivity index (χ1v) is 6.25. The molecule has 0 aliphatic heterocycles. The molecule has 0 amide bonds. The standard InChI is InChI=1S/C14H15ClN2O2/c1-8-5-11(15)6-9(2)13(8)19-14-12(7-18)10(3)16-17(14)4/h5-7H,1-4H3. The minimum atomic E-state index is 0.445. The fourth-order valence-corrected chi connectivity index (χ4v) is 2.39. The van der Waals surface area contributed by atoms with Crippen molar-refractivity contribution in [2.45, 2.75) is 20.8 Å². The Morgan fingerprint density at radius 2 is 1.84 bits per heavy atom. The quantitative estimate of drug-likeness (QED) is 0.806. The van der Waals surface area contributed by atoms with Crippen LogP contribution in [0.25, 0.3) is 0 Å². The van der Waals surface area contributed by atoms with E-state index in [1.807, 2.05) is 26.0 Å². The van der Waals surface area contributed by atoms with Crippen LogP contribution < -0.4 is 4.74 Å². The smallest absolute Gasteiger partial charge is 0.228 e. The van der Waals surface area contributed by atoms with E-state index >= 15 is 0 Å². The van der Waals surface area contributed by atoms with Crippen LogP contribution in [0.5, 0.6) is 11.6 Å². The molecule has 5 heteroatoms. The summed E-state index contributed by atoms with van der Waals surface area (Å²) in [6.45, 7) is 5.61. The lowest BCUT2D eigenvalue weighted by Gasteiger charge is -2.12. The third-order valence-corrected chi connectivity index (χ3v) is 3.17. The van der Waals surface area contributed by atoms with E-state index in [9.17, 15) is 4.79 Å². The van der Waals surface area contributed by atoms with Crippen LogP contribution in [-0.2, 0) is 7.05 Å². The molecule has 0 fully saturated rings. The average molecular weight is 279 g/mol. The molecule has 1 aromatic carbocycles. The Bertz CT molecular complexity index is 624. The number of carbonyl (C=O) groups is 1. The molecule has 0 unspecified atom stereocenters. The molecule has 4 nitrogen and oxygen atoms in total. The topological polar surface area (TPSA) is 44.1 Å². The van der Waals surface area contributed by atoms with Gasteiger partial charge in [-0.3, -0.25) is 4.79 Å². The number of ether oxygens (including phenoxy) is 1. The Morgan fingerprint density at radius 3 is 2.37 bits per heavy atom. The number of aldehydes is 1. The van der Waals surface area contributed by atoms with Gasteiger partial charge in [-0.15, -0.1) is 0 Å². The number of aryl methyl sites for hydroxylation is 4. The molecule has 0 bridgehead atoms. The predicted molar refractivity (Wildman–Crippen MR) is 74.3 cm³/mol. The lowest BCUT2D eigenvalue weighted by Crippen LogP contribution is -1.99. The molecule has 0 aliphatic carbocycles. The Hall–Kier alpha value is -1.81. The second kappa shape index (κ2) is 5.05.